The molecule has 28 nitrogen and oxygen atoms in total. The summed E-state index contributed by atoms with van der Waals surface area (Å²) in [6.45, 7) is 0. The summed E-state index contributed by atoms with van der Waals surface area (Å²) in [6.07, 6.45) is 0. The van der Waals surface area contributed by atoms with Gasteiger partial charge < -0.3 is 135 Å². The number of rotatable bonds is 0. The third kappa shape index (κ3) is 3830. The Morgan fingerprint density at radius 1 is 0.214 bits per heavy atom. The van der Waals surface area contributed by atoms with Crippen LogP contribution in [0.5, 0.6) is 0 Å². The van der Waals surface area contributed by atoms with Crippen LogP contribution in [-0.2, 0) is 97.1 Å². The monoisotopic (exact) mass is 921 g/mol. The van der Waals surface area contributed by atoms with E-state index in [1.807, 2.05) is 0 Å². The molecule has 0 amide bonds. The van der Waals surface area contributed by atoms with Crippen LogP contribution in [0.4, 0.5) is 0 Å². The second kappa shape index (κ2) is 41.9. The third-order valence-electron chi connectivity index (χ3n) is 0. The van der Waals surface area contributed by atoms with Crippen molar-refractivity contribution in [1.29, 1.82) is 0 Å². The van der Waals surface area contributed by atoms with Gasteiger partial charge in [0.1, 0.15) is 0 Å². The first-order chi connectivity index (χ1) is 14.0. The molecule has 0 aromatic rings. The van der Waals surface area contributed by atoms with E-state index in [0.29, 0.717) is 0 Å². The minimum Gasteiger partial charge on any atom is -0.822 e. The first-order valence-electron chi connectivity index (χ1n) is 5.11. The molecule has 42 heavy (non-hydrogen) atoms. The van der Waals surface area contributed by atoms with E-state index in [0.717, 1.165) is 0 Å². The maximum atomic E-state index is 8.55. The van der Waals surface area contributed by atoms with Crippen molar-refractivity contribution in [3.8, 4) is 0 Å². The molecule has 0 saturated heterocycles. The molecule has 0 atom stereocenters. The fourth-order valence-corrected chi connectivity index (χ4v) is 0. The summed E-state index contributed by atoms with van der Waals surface area (Å²) in [4.78, 5) is 180. The van der Waals surface area contributed by atoms with E-state index >= 15 is 0 Å². The molecule has 0 spiro atoms. The van der Waals surface area contributed by atoms with E-state index in [4.69, 9.17) is 135 Å². The zero-order valence-corrected chi connectivity index (χ0v) is 32.2. The van der Waals surface area contributed by atoms with E-state index in [1.165, 1.54) is 0 Å². The van der Waals surface area contributed by atoms with Gasteiger partial charge in [-0.05, 0) is 11.0 Å². The molecule has 0 aliphatic carbocycles. The standard InChI is InChI=1S/3Al.7H3O4P.H4Si.3Ti/c;;;7*1-5(2,3)4;;;;/h;;;7*(H3,1,2,3,4);1H4;;;/q3*+3;;;;;;;;;3*+4/p-21. The van der Waals surface area contributed by atoms with Crippen molar-refractivity contribution in [3.63, 3.8) is 0 Å². The van der Waals surface area contributed by atoms with Crippen molar-refractivity contribution >= 4 is 118 Å². The summed E-state index contributed by atoms with van der Waals surface area (Å²) in [5, 5.41) is 0. The topological polar surface area (TPSA) is 604 Å². The largest absolute Gasteiger partial charge is 4.00 e. The van der Waals surface area contributed by atoms with Gasteiger partial charge in [0, 0.05) is 0 Å². The van der Waals surface area contributed by atoms with Crippen LogP contribution in [-0.4, -0.2) is 63.0 Å². The normalized spacial score (nSPS) is 9.83. The van der Waals surface area contributed by atoms with Gasteiger partial charge in [-0.3, -0.25) is 0 Å². The Labute approximate surface area is 314 Å². The van der Waals surface area contributed by atoms with Gasteiger partial charge in [-0.2, -0.15) is 54.8 Å². The molecular formula is H4Al3O28P7SiTi3. The zero-order valence-electron chi connectivity index (χ0n) is 17.8. The van der Waals surface area contributed by atoms with Crippen molar-refractivity contribution in [2.75, 3.05) is 0 Å². The van der Waals surface area contributed by atoms with Crippen molar-refractivity contribution in [2.45, 2.75) is 0 Å². The molecule has 0 N–H and O–H groups in total. The Morgan fingerprint density at radius 3 is 0.214 bits per heavy atom. The fraction of sp³-hybridized carbons (Fsp3) is 0. The summed E-state index contributed by atoms with van der Waals surface area (Å²) in [5.74, 6) is 0. The molecule has 42 heteroatoms. The van der Waals surface area contributed by atoms with Crippen LogP contribution in [0.15, 0.2) is 0 Å². The van der Waals surface area contributed by atoms with Crippen LogP contribution < -0.4 is 103 Å². The van der Waals surface area contributed by atoms with Crippen LogP contribution in [0.3, 0.4) is 0 Å². The number of hydrogen-bond donors (Lipinski definition) is 0. The van der Waals surface area contributed by atoms with Gasteiger partial charge in [0.2, 0.25) is 0 Å². The van der Waals surface area contributed by atoms with E-state index in [-0.39, 0.29) is 128 Å². The Balaban J connectivity index is -0.0000000177. The third-order valence-corrected chi connectivity index (χ3v) is 0. The van der Waals surface area contributed by atoms with Gasteiger partial charge >= 0.3 is 117 Å². The van der Waals surface area contributed by atoms with Crippen LogP contribution in [0.1, 0.15) is 0 Å². The van der Waals surface area contributed by atoms with Gasteiger partial charge in [-0.25, -0.2) is 0 Å². The Morgan fingerprint density at radius 2 is 0.214 bits per heavy atom. The summed E-state index contributed by atoms with van der Waals surface area (Å²) in [5.41, 5.74) is 0. The molecule has 0 aliphatic heterocycles. The molecule has 0 aliphatic rings. The minimum atomic E-state index is -5.39. The second-order valence-electron chi connectivity index (χ2n) is 3.13. The Bertz CT molecular complexity index is 582. The smallest absolute Gasteiger partial charge is 0.822 e. The molecule has 232 valence electrons. The molecule has 0 fully saturated rings. The molecular weight excluding hydrogens is 917 g/mol. The summed E-state index contributed by atoms with van der Waals surface area (Å²) < 4.78 is 59.8. The maximum Gasteiger partial charge on any atom is 4.00 e. The molecule has 0 aromatic carbocycles. The summed E-state index contributed by atoms with van der Waals surface area (Å²) in [7, 11) is -37.7. The summed E-state index contributed by atoms with van der Waals surface area (Å²) >= 11 is 0. The molecule has 0 saturated carbocycles. The first kappa shape index (κ1) is 91.2. The Hall–Kier alpha value is 4.73. The average Bonchev–Trinajstić information content (AvgIpc) is 2.06. The second-order valence-corrected chi connectivity index (χ2v) is 9.39. The van der Waals surface area contributed by atoms with Crippen LogP contribution >= 0.6 is 54.8 Å². The average molecular weight is 921 g/mol. The molecule has 0 aromatic heterocycles. The maximum absolute atomic E-state index is 8.55. The van der Waals surface area contributed by atoms with Crippen molar-refractivity contribution < 1.29 is 200 Å². The van der Waals surface area contributed by atoms with Crippen LogP contribution in [0.2, 0.25) is 0 Å². The van der Waals surface area contributed by atoms with E-state index in [1.54, 1.807) is 0 Å². The molecule has 0 bridgehead atoms. The van der Waals surface area contributed by atoms with Gasteiger partial charge in [0.05, 0.1) is 0 Å². The van der Waals surface area contributed by atoms with Crippen molar-refractivity contribution in [1.82, 2.24) is 0 Å². The molecule has 0 unspecified atom stereocenters. The van der Waals surface area contributed by atoms with Crippen LogP contribution in [0.25, 0.3) is 0 Å². The van der Waals surface area contributed by atoms with Crippen molar-refractivity contribution in [3.05, 3.63) is 0 Å². The van der Waals surface area contributed by atoms with Crippen LogP contribution in [0, 0.1) is 0 Å². The first-order valence-corrected chi connectivity index (χ1v) is 15.3. The minimum absolute atomic E-state index is 0. The number of phosphoric acid groups is 7. The summed E-state index contributed by atoms with van der Waals surface area (Å²) in [6, 6.07) is 0. The Kier molecular flexibility index (Phi) is 91.0. The van der Waals surface area contributed by atoms with E-state index < -0.39 is 54.8 Å². The quantitative estimate of drug-likeness (QED) is 0.161. The van der Waals surface area contributed by atoms with Crippen molar-refractivity contribution in [2.24, 2.45) is 0 Å². The molecule has 0 rings (SSSR count). The van der Waals surface area contributed by atoms with E-state index in [2.05, 4.69) is 0 Å². The zero-order chi connectivity index (χ0) is 31.5. The predicted octanol–water partition coefficient (Wildman–Crippen LogP) is -22.4. The van der Waals surface area contributed by atoms with E-state index in [9.17, 15) is 0 Å². The SMILES string of the molecule is O=P([O-])([O-])[O-].O=P([O-])([O-])[O-].O=P([O-])([O-])[O-].O=P([O-])([O-])[O-].O=P([O-])([O-])[O-].O=P([O-])([O-])[O-].O=P([O-])([O-])[O-].[Al+3].[Al+3].[Al+3].[SiH4].[Ti+4].[Ti+4].[Ti+4]. The predicted molar refractivity (Wildman–Crippen MR) is 81.8 cm³/mol. The molecule has 0 radical (unpaired) electrons. The number of hydrogen-bond acceptors (Lipinski definition) is 28. The van der Waals surface area contributed by atoms with Gasteiger partial charge in [0.25, 0.3) is 0 Å². The van der Waals surface area contributed by atoms with Gasteiger partial charge in [0.15, 0.2) is 0 Å². The van der Waals surface area contributed by atoms with Gasteiger partial charge in [-0.15, -0.1) is 0 Å². The molecule has 0 heterocycles. The van der Waals surface area contributed by atoms with Gasteiger partial charge in [-0.1, -0.05) is 0 Å². The fourth-order valence-electron chi connectivity index (χ4n) is 0.